The predicted molar refractivity (Wildman–Crippen MR) is 141 cm³/mol. The number of aryl methyl sites for hydroxylation is 1. The van der Waals surface area contributed by atoms with Crippen LogP contribution in [0.25, 0.3) is 11.1 Å². The second-order valence-corrected chi connectivity index (χ2v) is 10.5. The number of morpholine rings is 1. The maximum Gasteiger partial charge on any atom is 0.321 e. The van der Waals surface area contributed by atoms with Crippen molar-refractivity contribution in [3.8, 4) is 11.1 Å². The van der Waals surface area contributed by atoms with Crippen LogP contribution in [-0.4, -0.2) is 80.3 Å². The van der Waals surface area contributed by atoms with E-state index in [0.717, 1.165) is 88.8 Å². The van der Waals surface area contributed by atoms with Gasteiger partial charge in [-0.2, -0.15) is 0 Å². The molecule has 35 heavy (non-hydrogen) atoms. The monoisotopic (exact) mass is 477 g/mol. The highest BCUT2D eigenvalue weighted by Gasteiger charge is 2.26. The quantitative estimate of drug-likeness (QED) is 0.683. The maximum atomic E-state index is 12.9. The van der Waals surface area contributed by atoms with E-state index in [-0.39, 0.29) is 6.03 Å². The summed E-state index contributed by atoms with van der Waals surface area (Å²) < 4.78 is 5.59. The van der Waals surface area contributed by atoms with Crippen LogP contribution in [-0.2, 0) is 4.74 Å². The first-order valence-electron chi connectivity index (χ1n) is 13.2. The van der Waals surface area contributed by atoms with E-state index in [1.165, 1.54) is 16.8 Å². The Morgan fingerprint density at radius 1 is 1.09 bits per heavy atom. The Kier molecular flexibility index (Phi) is 7.25. The highest BCUT2D eigenvalue weighted by Crippen LogP contribution is 2.34. The van der Waals surface area contributed by atoms with Crippen LogP contribution in [0.4, 0.5) is 16.3 Å². The zero-order valence-electron chi connectivity index (χ0n) is 21.4. The van der Waals surface area contributed by atoms with Gasteiger partial charge in [-0.25, -0.2) is 9.78 Å². The van der Waals surface area contributed by atoms with Crippen LogP contribution in [0.5, 0.6) is 0 Å². The van der Waals surface area contributed by atoms with Gasteiger partial charge in [-0.05, 0) is 80.2 Å². The molecule has 3 fully saturated rings. The van der Waals surface area contributed by atoms with Gasteiger partial charge >= 0.3 is 6.03 Å². The van der Waals surface area contributed by atoms with Gasteiger partial charge in [0.2, 0.25) is 0 Å². The van der Waals surface area contributed by atoms with Crippen LogP contribution < -0.4 is 10.2 Å². The molecule has 188 valence electrons. The van der Waals surface area contributed by atoms with Crippen LogP contribution in [0, 0.1) is 12.8 Å². The molecule has 0 radical (unpaired) electrons. The van der Waals surface area contributed by atoms with Gasteiger partial charge in [-0.3, -0.25) is 0 Å². The van der Waals surface area contributed by atoms with Crippen molar-refractivity contribution in [3.05, 3.63) is 41.6 Å². The molecule has 0 bridgehead atoms. The molecule has 5 rings (SSSR count). The van der Waals surface area contributed by atoms with Gasteiger partial charge in [0.15, 0.2) is 0 Å². The Morgan fingerprint density at radius 3 is 2.63 bits per heavy atom. The number of hydrogen-bond acceptors (Lipinski definition) is 5. The van der Waals surface area contributed by atoms with Crippen molar-refractivity contribution >= 4 is 17.5 Å². The number of aromatic nitrogens is 1. The first kappa shape index (κ1) is 24.1. The average Bonchev–Trinajstić information content (AvgIpc) is 3.55. The summed E-state index contributed by atoms with van der Waals surface area (Å²) in [6.45, 7) is 11.4. The Hall–Kier alpha value is -2.64. The second kappa shape index (κ2) is 10.5. The second-order valence-electron chi connectivity index (χ2n) is 10.5. The first-order chi connectivity index (χ1) is 17.0. The van der Waals surface area contributed by atoms with Gasteiger partial charge in [0.25, 0.3) is 0 Å². The average molecular weight is 478 g/mol. The van der Waals surface area contributed by atoms with Gasteiger partial charge < -0.3 is 24.8 Å². The molecule has 1 aromatic heterocycles. The minimum absolute atomic E-state index is 0.00849. The van der Waals surface area contributed by atoms with E-state index >= 15 is 0 Å². The van der Waals surface area contributed by atoms with Gasteiger partial charge in [0.05, 0.1) is 13.2 Å². The van der Waals surface area contributed by atoms with E-state index in [4.69, 9.17) is 9.72 Å². The summed E-state index contributed by atoms with van der Waals surface area (Å²) in [7, 11) is 2.19. The smallest absolute Gasteiger partial charge is 0.321 e. The molecule has 7 nitrogen and oxygen atoms in total. The summed E-state index contributed by atoms with van der Waals surface area (Å²) in [5.74, 6) is 2.11. The Labute approximate surface area is 209 Å². The van der Waals surface area contributed by atoms with Crippen molar-refractivity contribution in [2.45, 2.75) is 39.0 Å². The Morgan fingerprint density at radius 2 is 1.91 bits per heavy atom. The number of urea groups is 1. The summed E-state index contributed by atoms with van der Waals surface area (Å²) in [5.41, 5.74) is 5.54. The Balaban J connectivity index is 1.44. The summed E-state index contributed by atoms with van der Waals surface area (Å²) in [6.07, 6.45) is 3.37. The lowest BCUT2D eigenvalue weighted by atomic mass is 9.96. The number of carbonyl (C=O) groups is 1. The zero-order valence-corrected chi connectivity index (χ0v) is 21.4. The number of anilines is 2. The number of nitrogens with one attached hydrogen (secondary N) is 1. The fraction of sp³-hybridized carbons (Fsp3) is 0.571. The lowest BCUT2D eigenvalue weighted by molar-refractivity contribution is 0.122. The number of nitrogens with zero attached hydrogens (tertiary/aromatic N) is 4. The molecule has 3 saturated heterocycles. The predicted octanol–water partition coefficient (Wildman–Crippen LogP) is 4.58. The molecule has 0 aliphatic carbocycles. The molecule has 1 unspecified atom stereocenters. The molecular weight excluding hydrogens is 438 g/mol. The van der Waals surface area contributed by atoms with Gasteiger partial charge in [-0.1, -0.05) is 19.4 Å². The van der Waals surface area contributed by atoms with Gasteiger partial charge in [0.1, 0.15) is 5.82 Å². The van der Waals surface area contributed by atoms with Crippen molar-refractivity contribution in [1.82, 2.24) is 14.8 Å². The molecule has 3 aliphatic rings. The molecule has 0 saturated carbocycles. The highest BCUT2D eigenvalue weighted by atomic mass is 16.5. The molecule has 3 aliphatic heterocycles. The largest absolute Gasteiger partial charge is 0.378 e. The van der Waals surface area contributed by atoms with Crippen LogP contribution in [0.15, 0.2) is 30.3 Å². The fourth-order valence-corrected chi connectivity index (χ4v) is 5.60. The molecule has 7 heteroatoms. The number of carbonyl (C=O) groups excluding carboxylic acids is 1. The SMILES string of the molecule is CC[C@@H]1CCN(C(=O)Nc2ccc(C)c(-c3cc(C4CCN(C)C4)nc(N4CCOCC4)c3)c2)C1. The fourth-order valence-electron chi connectivity index (χ4n) is 5.60. The van der Waals surface area contributed by atoms with Crippen LogP contribution in [0.3, 0.4) is 0 Å². The number of ether oxygens (including phenoxy) is 1. The molecule has 2 aromatic rings. The van der Waals surface area contributed by atoms with Crippen molar-refractivity contribution < 1.29 is 9.53 Å². The molecular formula is C28H39N5O2. The van der Waals surface area contributed by atoms with E-state index in [2.05, 4.69) is 60.3 Å². The van der Waals surface area contributed by atoms with Crippen molar-refractivity contribution in [3.63, 3.8) is 0 Å². The molecule has 2 atom stereocenters. The van der Waals surface area contributed by atoms with E-state index in [9.17, 15) is 4.79 Å². The molecule has 4 heterocycles. The van der Waals surface area contributed by atoms with Crippen molar-refractivity contribution in [1.29, 1.82) is 0 Å². The number of benzene rings is 1. The third kappa shape index (κ3) is 5.46. The van der Waals surface area contributed by atoms with Crippen LogP contribution in [0.2, 0.25) is 0 Å². The van der Waals surface area contributed by atoms with E-state index in [1.807, 2.05) is 11.0 Å². The molecule has 0 spiro atoms. The highest BCUT2D eigenvalue weighted by molar-refractivity contribution is 5.90. The normalized spacial score (nSPS) is 23.2. The number of likely N-dealkylation sites (tertiary alicyclic amines) is 2. The molecule has 1 N–H and O–H groups in total. The standard InChI is InChI=1S/C28H39N5O2/c1-4-21-7-10-33(18-21)28(34)29-24-6-5-20(2)25(17-24)23-15-26(22-8-9-31(3)19-22)30-27(16-23)32-11-13-35-14-12-32/h5-6,15-17,21-22H,4,7-14,18-19H2,1-3H3,(H,29,34)/t21-,22?/m1/s1. The minimum atomic E-state index is 0.00849. The van der Waals surface area contributed by atoms with Crippen LogP contribution >= 0.6 is 0 Å². The number of pyridine rings is 1. The van der Waals surface area contributed by atoms with Crippen molar-refractivity contribution in [2.24, 2.45) is 5.92 Å². The zero-order chi connectivity index (χ0) is 24.4. The Bertz CT molecular complexity index is 1030. The first-order valence-corrected chi connectivity index (χ1v) is 13.2. The van der Waals surface area contributed by atoms with E-state index in [1.54, 1.807) is 0 Å². The maximum absolute atomic E-state index is 12.9. The van der Waals surface area contributed by atoms with Gasteiger partial charge in [-0.15, -0.1) is 0 Å². The van der Waals surface area contributed by atoms with E-state index in [0.29, 0.717) is 11.8 Å². The summed E-state index contributed by atoms with van der Waals surface area (Å²) >= 11 is 0. The molecule has 1 aromatic carbocycles. The summed E-state index contributed by atoms with van der Waals surface area (Å²) in [6, 6.07) is 10.8. The van der Waals surface area contributed by atoms with Crippen LogP contribution in [0.1, 0.15) is 43.4 Å². The topological polar surface area (TPSA) is 60.9 Å². The lowest BCUT2D eigenvalue weighted by Crippen LogP contribution is -2.37. The minimum Gasteiger partial charge on any atom is -0.378 e. The third-order valence-electron chi connectivity index (χ3n) is 7.93. The summed E-state index contributed by atoms with van der Waals surface area (Å²) in [5, 5.41) is 3.16. The number of likely N-dealkylation sites (N-methyl/N-ethyl adjacent to an activating group) is 1. The van der Waals surface area contributed by atoms with Crippen molar-refractivity contribution in [2.75, 3.05) is 69.7 Å². The number of rotatable bonds is 5. The molecule has 2 amide bonds. The lowest BCUT2D eigenvalue weighted by Gasteiger charge is -2.29. The summed E-state index contributed by atoms with van der Waals surface area (Å²) in [4.78, 5) is 24.7. The number of amides is 2. The van der Waals surface area contributed by atoms with E-state index < -0.39 is 0 Å². The third-order valence-corrected chi connectivity index (χ3v) is 7.93. The number of hydrogen-bond donors (Lipinski definition) is 1. The van der Waals surface area contributed by atoms with Gasteiger partial charge in [0, 0.05) is 50.0 Å².